The van der Waals surface area contributed by atoms with Gasteiger partial charge >= 0.3 is 6.09 Å². The van der Waals surface area contributed by atoms with E-state index in [9.17, 15) is 4.79 Å². The molecule has 0 aromatic rings. The normalized spacial score (nSPS) is 13.5. The highest BCUT2D eigenvalue weighted by Crippen LogP contribution is 2.06. The fraction of sp³-hybridized carbons (Fsp3) is 0.889. The lowest BCUT2D eigenvalue weighted by Gasteiger charge is -2.20. The molecule has 0 aromatic heterocycles. The van der Waals surface area contributed by atoms with Crippen LogP contribution in [-0.4, -0.2) is 24.5 Å². The van der Waals surface area contributed by atoms with Crippen molar-refractivity contribution in [3.8, 4) is 0 Å². The van der Waals surface area contributed by atoms with Gasteiger partial charge in [0.25, 0.3) is 0 Å². The van der Waals surface area contributed by atoms with Crippen LogP contribution in [0.25, 0.3) is 0 Å². The number of hydrogen-bond donors (Lipinski definition) is 2. The maximum absolute atomic E-state index is 11.1. The maximum atomic E-state index is 11.1. The van der Waals surface area contributed by atoms with Crippen molar-refractivity contribution in [2.24, 2.45) is 0 Å². The molecule has 1 unspecified atom stereocenters. The predicted molar refractivity (Wildman–Crippen MR) is 53.6 cm³/mol. The minimum atomic E-state index is -0.581. The van der Waals surface area contributed by atoms with Crippen molar-refractivity contribution in [2.45, 2.75) is 46.4 Å². The standard InChI is InChI=1S/C9H20N2O3/c1-6-10-7(2)14-11-8(12)13-9(3,4)5/h7,10H,6H2,1-5H3,(H,11,12). The number of hydroxylamine groups is 1. The van der Waals surface area contributed by atoms with Crippen molar-refractivity contribution in [1.82, 2.24) is 10.8 Å². The van der Waals surface area contributed by atoms with Gasteiger partial charge in [-0.1, -0.05) is 6.92 Å². The molecule has 0 spiro atoms. The van der Waals surface area contributed by atoms with Crippen LogP contribution in [0.5, 0.6) is 0 Å². The van der Waals surface area contributed by atoms with Crippen LogP contribution < -0.4 is 10.8 Å². The fourth-order valence-electron chi connectivity index (χ4n) is 0.765. The largest absolute Gasteiger partial charge is 0.442 e. The second kappa shape index (κ2) is 5.82. The molecule has 0 fully saturated rings. The molecule has 0 aliphatic carbocycles. The molecular weight excluding hydrogens is 184 g/mol. The minimum Gasteiger partial charge on any atom is -0.442 e. The number of carbonyl (C=O) groups excluding carboxylic acids is 1. The van der Waals surface area contributed by atoms with E-state index in [4.69, 9.17) is 9.57 Å². The smallest absolute Gasteiger partial charge is 0.431 e. The summed E-state index contributed by atoms with van der Waals surface area (Å²) in [6.07, 6.45) is -0.810. The van der Waals surface area contributed by atoms with Crippen molar-refractivity contribution in [3.63, 3.8) is 0 Å². The van der Waals surface area contributed by atoms with Crippen LogP contribution in [0.3, 0.4) is 0 Å². The van der Waals surface area contributed by atoms with Crippen molar-refractivity contribution in [1.29, 1.82) is 0 Å². The summed E-state index contributed by atoms with van der Waals surface area (Å²) in [6.45, 7) is 9.90. The molecule has 0 rings (SSSR count). The quantitative estimate of drug-likeness (QED) is 0.537. The highest BCUT2D eigenvalue weighted by molar-refractivity contribution is 5.66. The molecule has 5 nitrogen and oxygen atoms in total. The predicted octanol–water partition coefficient (Wildman–Crippen LogP) is 1.40. The van der Waals surface area contributed by atoms with E-state index < -0.39 is 11.7 Å². The van der Waals surface area contributed by atoms with Crippen molar-refractivity contribution >= 4 is 6.09 Å². The van der Waals surface area contributed by atoms with Gasteiger partial charge in [-0.2, -0.15) is 5.48 Å². The number of hydrogen-bond acceptors (Lipinski definition) is 4. The Kier molecular flexibility index (Phi) is 5.49. The summed E-state index contributed by atoms with van der Waals surface area (Å²) < 4.78 is 4.96. The number of carbonyl (C=O) groups is 1. The molecular formula is C9H20N2O3. The molecule has 0 saturated carbocycles. The summed E-state index contributed by atoms with van der Waals surface area (Å²) in [4.78, 5) is 16.0. The Morgan fingerprint density at radius 3 is 2.43 bits per heavy atom. The van der Waals surface area contributed by atoms with Crippen molar-refractivity contribution in [3.05, 3.63) is 0 Å². The molecule has 0 heterocycles. The highest BCUT2D eigenvalue weighted by atomic mass is 16.7. The average Bonchev–Trinajstić information content (AvgIpc) is 1.98. The Labute approximate surface area is 85.1 Å². The molecule has 2 N–H and O–H groups in total. The van der Waals surface area contributed by atoms with E-state index in [-0.39, 0.29) is 6.23 Å². The first-order valence-corrected chi connectivity index (χ1v) is 4.73. The van der Waals surface area contributed by atoms with Crippen LogP contribution in [0.15, 0.2) is 0 Å². The third kappa shape index (κ3) is 7.82. The van der Waals surface area contributed by atoms with Gasteiger partial charge in [-0.25, -0.2) is 4.79 Å². The number of rotatable bonds is 4. The van der Waals surface area contributed by atoms with E-state index in [2.05, 4.69) is 10.8 Å². The molecule has 0 aliphatic rings. The minimum absolute atomic E-state index is 0.229. The van der Waals surface area contributed by atoms with Crippen LogP contribution in [0.4, 0.5) is 4.79 Å². The third-order valence-corrected chi connectivity index (χ3v) is 1.21. The van der Waals surface area contributed by atoms with Gasteiger partial charge in [0.15, 0.2) is 0 Å². The molecule has 5 heteroatoms. The van der Waals surface area contributed by atoms with Crippen LogP contribution in [-0.2, 0) is 9.57 Å². The lowest BCUT2D eigenvalue weighted by atomic mass is 10.2. The van der Waals surface area contributed by atoms with Crippen molar-refractivity contribution in [2.75, 3.05) is 6.54 Å². The summed E-state index contributed by atoms with van der Waals surface area (Å²) in [7, 11) is 0. The first kappa shape index (κ1) is 13.2. The topological polar surface area (TPSA) is 59.6 Å². The van der Waals surface area contributed by atoms with E-state index >= 15 is 0 Å². The van der Waals surface area contributed by atoms with Crippen LogP contribution >= 0.6 is 0 Å². The molecule has 1 atom stereocenters. The Balaban J connectivity index is 3.64. The number of nitrogens with one attached hydrogen (secondary N) is 2. The summed E-state index contributed by atoms with van der Waals surface area (Å²) in [5, 5.41) is 2.97. The number of ether oxygens (including phenoxy) is 1. The lowest BCUT2D eigenvalue weighted by Crippen LogP contribution is -2.39. The van der Waals surface area contributed by atoms with E-state index in [0.717, 1.165) is 6.54 Å². The van der Waals surface area contributed by atoms with Crippen molar-refractivity contribution < 1.29 is 14.4 Å². The Morgan fingerprint density at radius 1 is 1.43 bits per heavy atom. The Bertz CT molecular complexity index is 177. The SMILES string of the molecule is CCNC(C)ONC(=O)OC(C)(C)C. The van der Waals surface area contributed by atoms with Gasteiger partial charge in [0.05, 0.1) is 0 Å². The van der Waals surface area contributed by atoms with E-state index in [1.165, 1.54) is 0 Å². The zero-order valence-corrected chi connectivity index (χ0v) is 9.51. The summed E-state index contributed by atoms with van der Waals surface area (Å²) in [5.74, 6) is 0. The third-order valence-electron chi connectivity index (χ3n) is 1.21. The van der Waals surface area contributed by atoms with Gasteiger partial charge in [-0.05, 0) is 34.2 Å². The summed E-state index contributed by atoms with van der Waals surface area (Å²) in [5.41, 5.74) is 1.70. The van der Waals surface area contributed by atoms with Gasteiger partial charge in [0.1, 0.15) is 11.8 Å². The molecule has 0 aromatic carbocycles. The van der Waals surface area contributed by atoms with Gasteiger partial charge < -0.3 is 4.74 Å². The van der Waals surface area contributed by atoms with Crippen LogP contribution in [0.1, 0.15) is 34.6 Å². The zero-order valence-electron chi connectivity index (χ0n) is 9.51. The first-order valence-electron chi connectivity index (χ1n) is 4.73. The maximum Gasteiger partial charge on any atom is 0.431 e. The first-order chi connectivity index (χ1) is 6.35. The molecule has 0 radical (unpaired) electrons. The molecule has 0 aliphatic heterocycles. The summed E-state index contributed by atoms with van der Waals surface area (Å²) >= 11 is 0. The summed E-state index contributed by atoms with van der Waals surface area (Å²) in [6, 6.07) is 0. The average molecular weight is 204 g/mol. The molecule has 0 bridgehead atoms. The molecule has 14 heavy (non-hydrogen) atoms. The Hall–Kier alpha value is -0.810. The van der Waals surface area contributed by atoms with E-state index in [1.54, 1.807) is 27.7 Å². The molecule has 0 saturated heterocycles. The van der Waals surface area contributed by atoms with E-state index in [0.29, 0.717) is 0 Å². The van der Waals surface area contributed by atoms with Gasteiger partial charge in [-0.3, -0.25) is 10.2 Å². The molecule has 1 amide bonds. The Morgan fingerprint density at radius 2 is 2.00 bits per heavy atom. The second-order valence-electron chi connectivity index (χ2n) is 3.92. The van der Waals surface area contributed by atoms with E-state index in [1.807, 2.05) is 6.92 Å². The van der Waals surface area contributed by atoms with Gasteiger partial charge in [0, 0.05) is 0 Å². The number of amides is 1. The fourth-order valence-corrected chi connectivity index (χ4v) is 0.765. The monoisotopic (exact) mass is 204 g/mol. The van der Waals surface area contributed by atoms with Crippen LogP contribution in [0, 0.1) is 0 Å². The highest BCUT2D eigenvalue weighted by Gasteiger charge is 2.16. The second-order valence-corrected chi connectivity index (χ2v) is 3.92. The van der Waals surface area contributed by atoms with Gasteiger partial charge in [0.2, 0.25) is 0 Å². The van der Waals surface area contributed by atoms with Gasteiger partial charge in [-0.15, -0.1) is 0 Å². The zero-order chi connectivity index (χ0) is 11.2. The molecule has 84 valence electrons. The van der Waals surface area contributed by atoms with Crippen LogP contribution in [0.2, 0.25) is 0 Å². The lowest BCUT2D eigenvalue weighted by molar-refractivity contribution is -0.0465.